The zero-order valence-corrected chi connectivity index (χ0v) is 9.48. The summed E-state index contributed by atoms with van der Waals surface area (Å²) in [4.78, 5) is 23.7. The predicted octanol–water partition coefficient (Wildman–Crippen LogP) is 2.05. The summed E-state index contributed by atoms with van der Waals surface area (Å²) in [6.07, 6.45) is -9.11. The van der Waals surface area contributed by atoms with E-state index in [1.807, 2.05) is 0 Å². The smallest absolute Gasteiger partial charge is 0.431 e. The topological polar surface area (TPSA) is 59.2 Å². The molecule has 1 aromatic rings. The Morgan fingerprint density at radius 3 is 2.42 bits per heavy atom. The van der Waals surface area contributed by atoms with Crippen LogP contribution in [-0.4, -0.2) is 18.1 Å². The zero-order chi connectivity index (χ0) is 14.8. The number of pyridine rings is 1. The van der Waals surface area contributed by atoms with Crippen molar-refractivity contribution >= 4 is 5.97 Å². The summed E-state index contributed by atoms with van der Waals surface area (Å²) >= 11 is 0. The number of halogens is 5. The molecule has 0 radical (unpaired) electrons. The standard InChI is InChI=1S/C10H8F5NO3/c1-19-7(17)3-5-4(8(11)12)2-6(10(13,14)15)16-9(5)18/h2,8H,3H2,1H3,(H,16,18). The van der Waals surface area contributed by atoms with Gasteiger partial charge in [0.1, 0.15) is 5.69 Å². The molecule has 0 aliphatic carbocycles. The van der Waals surface area contributed by atoms with Crippen LogP contribution in [-0.2, 0) is 22.1 Å². The van der Waals surface area contributed by atoms with Crippen molar-refractivity contribution in [3.05, 3.63) is 33.2 Å². The molecule has 9 heteroatoms. The average molecular weight is 285 g/mol. The number of nitrogens with one attached hydrogen (secondary N) is 1. The second-order valence-corrected chi connectivity index (χ2v) is 3.50. The lowest BCUT2D eigenvalue weighted by Crippen LogP contribution is -2.24. The Kier molecular flexibility index (Phi) is 4.28. The Labute approximate surface area is 103 Å². The van der Waals surface area contributed by atoms with Crippen molar-refractivity contribution in [1.29, 1.82) is 0 Å². The van der Waals surface area contributed by atoms with E-state index in [-0.39, 0.29) is 6.07 Å². The van der Waals surface area contributed by atoms with Crippen LogP contribution in [0, 0.1) is 0 Å². The van der Waals surface area contributed by atoms with E-state index in [1.165, 1.54) is 4.98 Å². The molecule has 1 heterocycles. The van der Waals surface area contributed by atoms with Gasteiger partial charge < -0.3 is 9.72 Å². The third kappa shape index (κ3) is 3.52. The van der Waals surface area contributed by atoms with Gasteiger partial charge >= 0.3 is 12.1 Å². The number of H-pyrrole nitrogens is 1. The van der Waals surface area contributed by atoms with Gasteiger partial charge in [0.25, 0.3) is 12.0 Å². The molecule has 1 N–H and O–H groups in total. The summed E-state index contributed by atoms with van der Waals surface area (Å²) in [7, 11) is 0.961. The highest BCUT2D eigenvalue weighted by Gasteiger charge is 2.34. The molecule has 0 amide bonds. The Morgan fingerprint density at radius 2 is 2.00 bits per heavy atom. The van der Waals surface area contributed by atoms with Crippen LogP contribution in [0.3, 0.4) is 0 Å². The molecule has 0 aromatic carbocycles. The molecule has 0 unspecified atom stereocenters. The van der Waals surface area contributed by atoms with Gasteiger partial charge in [-0.15, -0.1) is 0 Å². The minimum Gasteiger partial charge on any atom is -0.469 e. The van der Waals surface area contributed by atoms with Crippen molar-refractivity contribution < 1.29 is 31.5 Å². The van der Waals surface area contributed by atoms with E-state index in [0.29, 0.717) is 0 Å². The first-order valence-electron chi connectivity index (χ1n) is 4.85. The summed E-state index contributed by atoms with van der Waals surface area (Å²) in [5.41, 5.74) is -4.87. The lowest BCUT2D eigenvalue weighted by atomic mass is 10.1. The summed E-state index contributed by atoms with van der Waals surface area (Å²) in [5, 5.41) is 0. The molecule has 1 rings (SSSR count). The minimum atomic E-state index is -4.97. The Bertz CT molecular complexity index is 535. The first-order chi connectivity index (χ1) is 8.66. The van der Waals surface area contributed by atoms with Gasteiger partial charge in [-0.3, -0.25) is 9.59 Å². The van der Waals surface area contributed by atoms with Gasteiger partial charge in [-0.1, -0.05) is 0 Å². The molecule has 0 aliphatic rings. The number of rotatable bonds is 3. The van der Waals surface area contributed by atoms with Crippen LogP contribution in [0.25, 0.3) is 0 Å². The van der Waals surface area contributed by atoms with Crippen molar-refractivity contribution in [3.8, 4) is 0 Å². The van der Waals surface area contributed by atoms with Gasteiger partial charge in [-0.2, -0.15) is 13.2 Å². The number of ether oxygens (including phenoxy) is 1. The number of alkyl halides is 5. The van der Waals surface area contributed by atoms with Gasteiger partial charge in [-0.25, -0.2) is 8.78 Å². The molecule has 19 heavy (non-hydrogen) atoms. The molecule has 0 saturated carbocycles. The van der Waals surface area contributed by atoms with Crippen molar-refractivity contribution in [2.24, 2.45) is 0 Å². The number of esters is 1. The summed E-state index contributed by atoms with van der Waals surface area (Å²) < 4.78 is 66.6. The summed E-state index contributed by atoms with van der Waals surface area (Å²) in [6.45, 7) is 0. The maximum absolute atomic E-state index is 12.7. The molecule has 0 saturated heterocycles. The van der Waals surface area contributed by atoms with Crippen LogP contribution in [0.5, 0.6) is 0 Å². The number of hydrogen-bond donors (Lipinski definition) is 1. The fourth-order valence-corrected chi connectivity index (χ4v) is 1.35. The summed E-state index contributed by atoms with van der Waals surface area (Å²) in [5.74, 6) is -1.01. The molecule has 0 bridgehead atoms. The second kappa shape index (κ2) is 5.37. The monoisotopic (exact) mass is 285 g/mol. The van der Waals surface area contributed by atoms with Crippen LogP contribution in [0.15, 0.2) is 10.9 Å². The predicted molar refractivity (Wildman–Crippen MR) is 52.7 cm³/mol. The summed E-state index contributed by atoms with van der Waals surface area (Å²) in [6, 6.07) is 0.115. The minimum absolute atomic E-state index is 0.115. The van der Waals surface area contributed by atoms with Gasteiger partial charge in [0.15, 0.2) is 0 Å². The SMILES string of the molecule is COC(=O)Cc1c(C(F)F)cc(C(F)(F)F)[nH]c1=O. The third-order valence-corrected chi connectivity index (χ3v) is 2.26. The van der Waals surface area contributed by atoms with E-state index >= 15 is 0 Å². The maximum atomic E-state index is 12.7. The number of carbonyl (C=O) groups is 1. The van der Waals surface area contributed by atoms with E-state index in [9.17, 15) is 31.5 Å². The first-order valence-corrected chi connectivity index (χ1v) is 4.85. The Balaban J connectivity index is 3.40. The van der Waals surface area contributed by atoms with Crippen molar-refractivity contribution in [3.63, 3.8) is 0 Å². The molecule has 0 fully saturated rings. The number of aromatic amines is 1. The molecule has 4 nitrogen and oxygen atoms in total. The van der Waals surface area contributed by atoms with Crippen LogP contribution < -0.4 is 5.56 Å². The van der Waals surface area contributed by atoms with Crippen LogP contribution in [0.1, 0.15) is 23.2 Å². The largest absolute Gasteiger partial charge is 0.469 e. The first kappa shape index (κ1) is 15.1. The van der Waals surface area contributed by atoms with E-state index in [4.69, 9.17) is 0 Å². The molecular weight excluding hydrogens is 277 g/mol. The van der Waals surface area contributed by atoms with Crippen LogP contribution in [0.2, 0.25) is 0 Å². The Hall–Kier alpha value is -1.93. The molecule has 1 aromatic heterocycles. The van der Waals surface area contributed by atoms with E-state index in [0.717, 1.165) is 7.11 Å². The quantitative estimate of drug-likeness (QED) is 0.683. The molecule has 106 valence electrons. The number of methoxy groups -OCH3 is 1. The second-order valence-electron chi connectivity index (χ2n) is 3.50. The average Bonchev–Trinajstić information content (AvgIpc) is 2.29. The van der Waals surface area contributed by atoms with Gasteiger partial charge in [0.05, 0.1) is 13.5 Å². The van der Waals surface area contributed by atoms with Crippen LogP contribution in [0.4, 0.5) is 22.0 Å². The lowest BCUT2D eigenvalue weighted by molar-refractivity contribution is -0.141. The van der Waals surface area contributed by atoms with Crippen LogP contribution >= 0.6 is 0 Å². The molecule has 0 atom stereocenters. The fourth-order valence-electron chi connectivity index (χ4n) is 1.35. The highest BCUT2D eigenvalue weighted by molar-refractivity contribution is 5.72. The number of carbonyl (C=O) groups excluding carboxylic acids is 1. The third-order valence-electron chi connectivity index (χ3n) is 2.26. The van der Waals surface area contributed by atoms with Crippen molar-refractivity contribution in [2.45, 2.75) is 19.0 Å². The normalized spacial score (nSPS) is 11.7. The fraction of sp³-hybridized carbons (Fsp3) is 0.400. The molecule has 0 spiro atoms. The van der Waals surface area contributed by atoms with Crippen molar-refractivity contribution in [2.75, 3.05) is 7.11 Å². The molecular formula is C10H8F5NO3. The van der Waals surface area contributed by atoms with E-state index < -0.39 is 47.4 Å². The highest BCUT2D eigenvalue weighted by atomic mass is 19.4. The highest BCUT2D eigenvalue weighted by Crippen LogP contribution is 2.30. The van der Waals surface area contributed by atoms with E-state index in [2.05, 4.69) is 4.74 Å². The van der Waals surface area contributed by atoms with E-state index in [1.54, 1.807) is 0 Å². The zero-order valence-electron chi connectivity index (χ0n) is 9.48. The molecule has 0 aliphatic heterocycles. The van der Waals surface area contributed by atoms with Gasteiger partial charge in [-0.05, 0) is 6.07 Å². The van der Waals surface area contributed by atoms with Crippen molar-refractivity contribution in [1.82, 2.24) is 4.98 Å². The van der Waals surface area contributed by atoms with Gasteiger partial charge in [0, 0.05) is 11.1 Å². The lowest BCUT2D eigenvalue weighted by Gasteiger charge is -2.11. The Morgan fingerprint density at radius 1 is 1.42 bits per heavy atom. The number of hydrogen-bond acceptors (Lipinski definition) is 3. The van der Waals surface area contributed by atoms with Gasteiger partial charge in [0.2, 0.25) is 0 Å². The maximum Gasteiger partial charge on any atom is 0.431 e. The number of aromatic nitrogens is 1.